The fourth-order valence-electron chi connectivity index (χ4n) is 5.97. The Labute approximate surface area is 280 Å². The molecule has 0 N–H and O–H groups in total. The Balaban J connectivity index is 0.000000465. The summed E-state index contributed by atoms with van der Waals surface area (Å²) in [6.45, 7) is 9.63. The Kier molecular flexibility index (Phi) is 25.5. The molecule has 46 heavy (non-hydrogen) atoms. The van der Waals surface area contributed by atoms with Gasteiger partial charge in [0.05, 0.1) is 13.2 Å². The van der Waals surface area contributed by atoms with Crippen LogP contribution in [0.25, 0.3) is 0 Å². The zero-order chi connectivity index (χ0) is 33.8. The van der Waals surface area contributed by atoms with Gasteiger partial charge in [0.15, 0.2) is 0 Å². The lowest BCUT2D eigenvalue weighted by Gasteiger charge is -2.22. The molecule has 0 radical (unpaired) electrons. The predicted octanol–water partition coefficient (Wildman–Crippen LogP) is 9.58. The molecule has 0 bridgehead atoms. The largest absolute Gasteiger partial charge is 0.465 e. The molecule has 0 aromatic rings. The molecule has 2 rings (SSSR count). The third-order valence-electron chi connectivity index (χ3n) is 9.27. The van der Waals surface area contributed by atoms with E-state index in [1.165, 1.54) is 38.5 Å². The van der Waals surface area contributed by atoms with E-state index in [1.54, 1.807) is 0 Å². The Bertz CT molecular complexity index is 737. The normalized spacial score (nSPS) is 16.8. The zero-order valence-electron chi connectivity index (χ0n) is 30.0. The van der Waals surface area contributed by atoms with Gasteiger partial charge < -0.3 is 18.9 Å². The molecule has 8 heteroatoms. The summed E-state index contributed by atoms with van der Waals surface area (Å²) in [6.07, 6.45) is 22.6. The van der Waals surface area contributed by atoms with E-state index in [1.807, 2.05) is 0 Å². The molecule has 2 aliphatic rings. The van der Waals surface area contributed by atoms with Gasteiger partial charge in [0.2, 0.25) is 0 Å². The van der Waals surface area contributed by atoms with E-state index in [0.29, 0.717) is 63.6 Å². The first-order chi connectivity index (χ1) is 22.3. The van der Waals surface area contributed by atoms with Crippen molar-refractivity contribution in [2.75, 3.05) is 13.2 Å². The lowest BCUT2D eigenvalue weighted by Crippen LogP contribution is -2.22. The maximum Gasteiger partial charge on any atom is 0.306 e. The summed E-state index contributed by atoms with van der Waals surface area (Å²) >= 11 is 0. The van der Waals surface area contributed by atoms with E-state index in [2.05, 4.69) is 27.7 Å². The van der Waals surface area contributed by atoms with Gasteiger partial charge in [-0.2, -0.15) is 0 Å². The second-order valence-electron chi connectivity index (χ2n) is 13.4. The van der Waals surface area contributed by atoms with Crippen LogP contribution in [0.3, 0.4) is 0 Å². The summed E-state index contributed by atoms with van der Waals surface area (Å²) in [6, 6.07) is 0. The number of unbranched alkanes of at least 4 members (excludes halogenated alkanes) is 2. The topological polar surface area (TPSA) is 105 Å². The minimum Gasteiger partial charge on any atom is -0.465 e. The Morgan fingerprint density at radius 3 is 1.17 bits per heavy atom. The molecular weight excluding hydrogens is 584 g/mol. The minimum absolute atomic E-state index is 0.112. The van der Waals surface area contributed by atoms with Crippen LogP contribution < -0.4 is 0 Å². The van der Waals surface area contributed by atoms with Gasteiger partial charge in [-0.15, -0.1) is 0 Å². The van der Waals surface area contributed by atoms with Crippen molar-refractivity contribution in [1.29, 1.82) is 0 Å². The van der Waals surface area contributed by atoms with Crippen LogP contribution in [0.15, 0.2) is 0 Å². The number of ether oxygens (including phenoxy) is 4. The maximum atomic E-state index is 11.8. The van der Waals surface area contributed by atoms with Gasteiger partial charge in [-0.25, -0.2) is 0 Å². The summed E-state index contributed by atoms with van der Waals surface area (Å²) in [4.78, 5) is 47.0. The monoisotopic (exact) mass is 652 g/mol. The maximum absolute atomic E-state index is 11.8. The van der Waals surface area contributed by atoms with Crippen LogP contribution in [-0.4, -0.2) is 49.3 Å². The Morgan fingerprint density at radius 2 is 0.848 bits per heavy atom. The first-order valence-corrected chi connectivity index (χ1v) is 19.0. The van der Waals surface area contributed by atoms with E-state index < -0.39 is 0 Å². The molecule has 2 atom stereocenters. The molecular formula is C38H68O8. The molecule has 0 aromatic carbocycles. The van der Waals surface area contributed by atoms with Crippen LogP contribution in [0.5, 0.6) is 0 Å². The first-order valence-electron chi connectivity index (χ1n) is 19.0. The van der Waals surface area contributed by atoms with Crippen molar-refractivity contribution >= 4 is 23.9 Å². The zero-order valence-corrected chi connectivity index (χ0v) is 30.0. The summed E-state index contributed by atoms with van der Waals surface area (Å²) in [5.41, 5.74) is 0. The molecule has 2 saturated carbocycles. The number of carbonyl (C=O) groups is 4. The van der Waals surface area contributed by atoms with E-state index in [4.69, 9.17) is 18.9 Å². The number of hydrogen-bond donors (Lipinski definition) is 0. The molecule has 0 spiro atoms. The fourth-order valence-corrected chi connectivity index (χ4v) is 5.97. The van der Waals surface area contributed by atoms with Crippen LogP contribution in [0.1, 0.15) is 182 Å². The molecule has 2 fully saturated rings. The minimum atomic E-state index is -0.197. The summed E-state index contributed by atoms with van der Waals surface area (Å²) in [5, 5.41) is 0. The number of esters is 4. The summed E-state index contributed by atoms with van der Waals surface area (Å²) < 4.78 is 21.5. The van der Waals surface area contributed by atoms with Gasteiger partial charge in [-0.3, -0.25) is 19.2 Å². The fraction of sp³-hybridized carbons (Fsp3) is 0.895. The molecule has 0 heterocycles. The van der Waals surface area contributed by atoms with E-state index in [-0.39, 0.29) is 36.1 Å². The van der Waals surface area contributed by atoms with Crippen molar-refractivity contribution in [1.82, 2.24) is 0 Å². The van der Waals surface area contributed by atoms with Gasteiger partial charge in [-0.1, -0.05) is 79.1 Å². The van der Waals surface area contributed by atoms with Crippen LogP contribution in [0.4, 0.5) is 0 Å². The molecule has 2 unspecified atom stereocenters. The van der Waals surface area contributed by atoms with E-state index >= 15 is 0 Å². The molecule has 268 valence electrons. The van der Waals surface area contributed by atoms with Gasteiger partial charge in [0, 0.05) is 25.7 Å². The van der Waals surface area contributed by atoms with Crippen molar-refractivity contribution in [2.45, 2.75) is 194 Å². The highest BCUT2D eigenvalue weighted by Crippen LogP contribution is 2.22. The molecule has 0 aliphatic heterocycles. The molecule has 0 aromatic heterocycles. The molecule has 2 aliphatic carbocycles. The highest BCUT2D eigenvalue weighted by Gasteiger charge is 2.20. The third kappa shape index (κ3) is 22.4. The molecule has 8 nitrogen and oxygen atoms in total. The average molecular weight is 653 g/mol. The lowest BCUT2D eigenvalue weighted by molar-refractivity contribution is -0.153. The van der Waals surface area contributed by atoms with Gasteiger partial charge >= 0.3 is 23.9 Å². The van der Waals surface area contributed by atoms with Gasteiger partial charge in [0.25, 0.3) is 0 Å². The second-order valence-corrected chi connectivity index (χ2v) is 13.4. The van der Waals surface area contributed by atoms with Crippen LogP contribution >= 0.6 is 0 Å². The predicted molar refractivity (Wildman–Crippen MR) is 182 cm³/mol. The SMILES string of the molecule is CCCCC(CC)COC(=O)CCCC(=O)OCC(CC)CCCC.O=C(CCCC(=O)OC1CCCCC1)OC1CCCCC1. The quantitative estimate of drug-likeness (QED) is 0.0841. The molecule has 0 saturated heterocycles. The second kappa shape index (κ2) is 27.9. The Hall–Kier alpha value is -2.12. The van der Waals surface area contributed by atoms with Crippen LogP contribution in [0.2, 0.25) is 0 Å². The lowest BCUT2D eigenvalue weighted by atomic mass is 9.98. The molecule has 0 amide bonds. The van der Waals surface area contributed by atoms with Crippen LogP contribution in [0, 0.1) is 11.8 Å². The van der Waals surface area contributed by atoms with Crippen molar-refractivity contribution in [3.63, 3.8) is 0 Å². The number of hydrogen-bond acceptors (Lipinski definition) is 8. The van der Waals surface area contributed by atoms with E-state index in [9.17, 15) is 19.2 Å². The number of rotatable bonds is 22. The average Bonchev–Trinajstić information content (AvgIpc) is 3.06. The Morgan fingerprint density at radius 1 is 0.500 bits per heavy atom. The smallest absolute Gasteiger partial charge is 0.306 e. The van der Waals surface area contributed by atoms with Crippen molar-refractivity contribution < 1.29 is 38.1 Å². The van der Waals surface area contributed by atoms with Gasteiger partial charge in [0.1, 0.15) is 12.2 Å². The first kappa shape index (κ1) is 41.9. The standard InChI is InChI=1S/C21H40O4.C17H28O4/c1-5-9-12-18(7-3)16-24-20(22)14-11-15-21(23)25-17-19(8-4)13-10-6-2;18-16(20-14-8-3-1-4-9-14)12-7-13-17(19)21-15-10-5-2-6-11-15/h18-19H,5-17H2,1-4H3;14-15H,1-13H2. The van der Waals surface area contributed by atoms with Crippen molar-refractivity contribution in [2.24, 2.45) is 11.8 Å². The van der Waals surface area contributed by atoms with Crippen molar-refractivity contribution in [3.8, 4) is 0 Å². The van der Waals surface area contributed by atoms with Crippen LogP contribution in [-0.2, 0) is 38.1 Å². The third-order valence-corrected chi connectivity index (χ3v) is 9.27. The van der Waals surface area contributed by atoms with E-state index in [0.717, 1.165) is 77.0 Å². The highest BCUT2D eigenvalue weighted by atomic mass is 16.6. The summed E-state index contributed by atoms with van der Waals surface area (Å²) in [5.74, 6) is 0.208. The number of carbonyl (C=O) groups excluding carboxylic acids is 4. The van der Waals surface area contributed by atoms with Crippen molar-refractivity contribution in [3.05, 3.63) is 0 Å². The highest BCUT2D eigenvalue weighted by molar-refractivity contribution is 5.73. The summed E-state index contributed by atoms with van der Waals surface area (Å²) in [7, 11) is 0. The van der Waals surface area contributed by atoms with Gasteiger partial charge in [-0.05, 0) is 88.9 Å².